The Balaban J connectivity index is 1.07. The summed E-state index contributed by atoms with van der Waals surface area (Å²) < 4.78 is 12.2. The van der Waals surface area contributed by atoms with E-state index in [1.807, 2.05) is 45.2 Å². The summed E-state index contributed by atoms with van der Waals surface area (Å²) in [5.41, 5.74) is -0.755. The van der Waals surface area contributed by atoms with E-state index >= 15 is 0 Å². The highest BCUT2D eigenvalue weighted by molar-refractivity contribution is 14.1. The highest BCUT2D eigenvalue weighted by Gasteiger charge is 2.66. The largest absolute Gasteiger partial charge is 0.457 e. The van der Waals surface area contributed by atoms with Crippen molar-refractivity contribution in [2.75, 3.05) is 0 Å². The van der Waals surface area contributed by atoms with Gasteiger partial charge in [0.1, 0.15) is 24.0 Å². The standard InChI is InChI=1S/C38H40ClI2NO9/c1-19(24-8-9-25-34-26(17-32(45)38(24,25)3)37(2)12-11-22(43)15-21(37)16-31(34)44)7-10-33(46)51-35-28(40)13-20(14-29(35)41)36(47)50-18-23-27(39)5-4-6-30(23)42(48)49/h4-6,13-14,19,21,24-26,34H,7-12,15-18H2,1-3H3/t19-,21+,24-,25+,26+,34+,37+,38-/m1/s1. The molecule has 0 saturated heterocycles. The van der Waals surface area contributed by atoms with Crippen LogP contribution in [0.25, 0.3) is 0 Å². The Bertz CT molecular complexity index is 1810. The molecule has 8 atom stereocenters. The van der Waals surface area contributed by atoms with Gasteiger partial charge in [0.2, 0.25) is 0 Å². The summed E-state index contributed by atoms with van der Waals surface area (Å²) in [5.74, 6) is -0.175. The van der Waals surface area contributed by atoms with Crippen LogP contribution in [0.15, 0.2) is 30.3 Å². The molecule has 272 valence electrons. The van der Waals surface area contributed by atoms with E-state index in [1.165, 1.54) is 30.3 Å². The van der Waals surface area contributed by atoms with Crippen molar-refractivity contribution in [1.82, 2.24) is 0 Å². The summed E-state index contributed by atoms with van der Waals surface area (Å²) in [6.07, 6.45) is 4.86. The van der Waals surface area contributed by atoms with Gasteiger partial charge in [-0.05, 0) is 124 Å². The Labute approximate surface area is 328 Å². The van der Waals surface area contributed by atoms with Gasteiger partial charge in [-0.3, -0.25) is 29.3 Å². The molecule has 10 nitrogen and oxygen atoms in total. The van der Waals surface area contributed by atoms with Crippen molar-refractivity contribution in [3.8, 4) is 5.75 Å². The van der Waals surface area contributed by atoms with E-state index in [1.54, 1.807) is 0 Å². The summed E-state index contributed by atoms with van der Waals surface area (Å²) in [6, 6.07) is 7.27. The quantitative estimate of drug-likeness (QED) is 0.0792. The maximum absolute atomic E-state index is 14.1. The van der Waals surface area contributed by atoms with Crippen LogP contribution in [-0.2, 0) is 30.5 Å². The van der Waals surface area contributed by atoms with E-state index in [2.05, 4.69) is 20.8 Å². The maximum Gasteiger partial charge on any atom is 0.338 e. The van der Waals surface area contributed by atoms with Crippen LogP contribution in [-0.4, -0.2) is 34.2 Å². The van der Waals surface area contributed by atoms with E-state index < -0.39 is 22.3 Å². The van der Waals surface area contributed by atoms with Gasteiger partial charge in [-0.15, -0.1) is 0 Å². The number of esters is 2. The fraction of sp³-hybridized carbons (Fsp3) is 0.553. The number of nitro benzene ring substituents is 1. The van der Waals surface area contributed by atoms with Crippen LogP contribution in [0.5, 0.6) is 5.75 Å². The molecule has 4 fully saturated rings. The molecule has 2 aromatic carbocycles. The van der Waals surface area contributed by atoms with Crippen molar-refractivity contribution in [3.05, 3.63) is 63.7 Å². The molecule has 0 spiro atoms. The number of Topliss-reactive ketones (excluding diaryl/α,β-unsaturated/α-hetero) is 3. The van der Waals surface area contributed by atoms with Gasteiger partial charge in [0, 0.05) is 49.5 Å². The molecule has 0 heterocycles. The van der Waals surface area contributed by atoms with E-state index in [-0.39, 0.29) is 93.1 Å². The first-order valence-electron chi connectivity index (χ1n) is 17.4. The summed E-state index contributed by atoms with van der Waals surface area (Å²) in [5, 5.41) is 11.5. The zero-order chi connectivity index (χ0) is 37.0. The Morgan fingerprint density at radius 2 is 1.76 bits per heavy atom. The predicted molar refractivity (Wildman–Crippen MR) is 204 cm³/mol. The van der Waals surface area contributed by atoms with E-state index in [0.29, 0.717) is 45.0 Å². The molecule has 51 heavy (non-hydrogen) atoms. The van der Waals surface area contributed by atoms with E-state index in [0.717, 1.165) is 19.3 Å². The second-order valence-electron chi connectivity index (χ2n) is 15.3. The molecule has 0 amide bonds. The maximum atomic E-state index is 14.1. The average Bonchev–Trinajstić information content (AvgIpc) is 3.43. The van der Waals surface area contributed by atoms with Crippen molar-refractivity contribution in [2.24, 2.45) is 46.3 Å². The summed E-state index contributed by atoms with van der Waals surface area (Å²) in [4.78, 5) is 76.9. The molecule has 0 bridgehead atoms. The Hall–Kier alpha value is -2.46. The first kappa shape index (κ1) is 38.3. The van der Waals surface area contributed by atoms with Gasteiger partial charge in [-0.1, -0.05) is 38.4 Å². The number of fused-ring (bicyclic) bond motifs is 5. The van der Waals surface area contributed by atoms with Crippen LogP contribution in [0.3, 0.4) is 0 Å². The van der Waals surface area contributed by atoms with E-state index in [4.69, 9.17) is 21.1 Å². The van der Waals surface area contributed by atoms with Gasteiger partial charge in [-0.25, -0.2) is 4.79 Å². The molecular formula is C38H40ClI2NO9. The second kappa shape index (κ2) is 14.8. The molecule has 0 aliphatic heterocycles. The molecule has 13 heteroatoms. The lowest BCUT2D eigenvalue weighted by molar-refractivity contribution is -0.385. The third-order valence-electron chi connectivity index (χ3n) is 12.8. The zero-order valence-corrected chi connectivity index (χ0v) is 33.7. The van der Waals surface area contributed by atoms with E-state index in [9.17, 15) is 34.1 Å². The molecule has 6 rings (SSSR count). The molecule has 0 radical (unpaired) electrons. The monoisotopic (exact) mass is 943 g/mol. The number of benzene rings is 2. The lowest BCUT2D eigenvalue weighted by Crippen LogP contribution is -2.60. The highest BCUT2D eigenvalue weighted by atomic mass is 127. The number of hydrogen-bond donors (Lipinski definition) is 0. The fourth-order valence-electron chi connectivity index (χ4n) is 9.96. The Kier molecular flexibility index (Phi) is 11.1. The summed E-state index contributed by atoms with van der Waals surface area (Å²) >= 11 is 10.1. The Morgan fingerprint density at radius 1 is 1.06 bits per heavy atom. The number of rotatable bonds is 9. The van der Waals surface area contributed by atoms with Gasteiger partial charge in [0.25, 0.3) is 5.69 Å². The molecular weight excluding hydrogens is 904 g/mol. The second-order valence-corrected chi connectivity index (χ2v) is 18.0. The molecule has 4 saturated carbocycles. The summed E-state index contributed by atoms with van der Waals surface area (Å²) in [6.45, 7) is 5.97. The molecule has 0 N–H and O–H groups in total. The minimum Gasteiger partial charge on any atom is -0.457 e. The minimum atomic E-state index is -0.712. The van der Waals surface area contributed by atoms with Crippen LogP contribution in [0, 0.1) is 63.6 Å². The van der Waals surface area contributed by atoms with Crippen LogP contribution in [0.2, 0.25) is 5.02 Å². The third-order valence-corrected chi connectivity index (χ3v) is 14.8. The number of nitro groups is 1. The number of halogens is 3. The van der Waals surface area contributed by atoms with Gasteiger partial charge in [0.05, 0.1) is 28.2 Å². The molecule has 0 aromatic heterocycles. The number of nitrogens with zero attached hydrogens (tertiary/aromatic N) is 1. The molecule has 4 aliphatic carbocycles. The number of carbonyl (C=O) groups excluding carboxylic acids is 5. The first-order valence-corrected chi connectivity index (χ1v) is 20.0. The van der Waals surface area contributed by atoms with Crippen LogP contribution in [0.1, 0.15) is 94.5 Å². The Morgan fingerprint density at radius 3 is 2.45 bits per heavy atom. The van der Waals surface area contributed by atoms with Gasteiger partial charge < -0.3 is 9.47 Å². The fourth-order valence-corrected chi connectivity index (χ4v) is 12.2. The highest BCUT2D eigenvalue weighted by Crippen LogP contribution is 2.66. The van der Waals surface area contributed by atoms with Crippen LogP contribution >= 0.6 is 56.8 Å². The molecule has 0 unspecified atom stereocenters. The SMILES string of the molecule is C[C@H](CCC(=O)Oc1c(I)cc(C(=O)OCc2c(Cl)cccc2[N+](=O)[O-])cc1I)[C@H]1CC[C@H]2[C@@H]3C(=O)C[C@@H]4CC(=O)CC[C@]4(C)[C@H]3CC(=O)[C@]12C. The topological polar surface area (TPSA) is 147 Å². The van der Waals surface area contributed by atoms with Crippen LogP contribution < -0.4 is 4.74 Å². The molecule has 2 aromatic rings. The predicted octanol–water partition coefficient (Wildman–Crippen LogP) is 8.72. The smallest absolute Gasteiger partial charge is 0.338 e. The summed E-state index contributed by atoms with van der Waals surface area (Å²) in [7, 11) is 0. The van der Waals surface area contributed by atoms with Crippen molar-refractivity contribution in [3.63, 3.8) is 0 Å². The third kappa shape index (κ3) is 7.02. The van der Waals surface area contributed by atoms with Crippen LogP contribution in [0.4, 0.5) is 5.69 Å². The van der Waals surface area contributed by atoms with Crippen molar-refractivity contribution >= 4 is 91.8 Å². The number of ketones is 3. The van der Waals surface area contributed by atoms with Gasteiger partial charge in [-0.2, -0.15) is 0 Å². The number of carbonyl (C=O) groups is 5. The van der Waals surface area contributed by atoms with Crippen molar-refractivity contribution in [1.29, 1.82) is 0 Å². The first-order chi connectivity index (χ1) is 24.1. The lowest BCUT2D eigenvalue weighted by Gasteiger charge is -2.58. The average molecular weight is 944 g/mol. The van der Waals surface area contributed by atoms with Gasteiger partial charge in [0.15, 0.2) is 5.75 Å². The minimum absolute atomic E-state index is 0.00606. The van der Waals surface area contributed by atoms with Crippen molar-refractivity contribution < 1.29 is 38.4 Å². The number of hydrogen-bond acceptors (Lipinski definition) is 9. The van der Waals surface area contributed by atoms with Crippen molar-refractivity contribution in [2.45, 2.75) is 85.2 Å². The lowest BCUT2D eigenvalue weighted by atomic mass is 9.44. The van der Waals surface area contributed by atoms with Gasteiger partial charge >= 0.3 is 11.9 Å². The zero-order valence-electron chi connectivity index (χ0n) is 28.7. The number of ether oxygens (including phenoxy) is 2. The normalized spacial score (nSPS) is 30.5. The molecule has 4 aliphatic rings.